The van der Waals surface area contributed by atoms with Gasteiger partial charge in [0.25, 0.3) is 5.56 Å². The summed E-state index contributed by atoms with van der Waals surface area (Å²) in [4.78, 5) is 27.9. The maximum Gasteiger partial charge on any atom is 0.362 e. The molecule has 0 radical (unpaired) electrons. The van der Waals surface area contributed by atoms with Gasteiger partial charge in [-0.1, -0.05) is 11.6 Å². The molecule has 6 heteroatoms. The van der Waals surface area contributed by atoms with E-state index in [1.54, 1.807) is 6.92 Å². The van der Waals surface area contributed by atoms with Crippen molar-refractivity contribution in [3.05, 3.63) is 27.4 Å². The van der Waals surface area contributed by atoms with E-state index in [-0.39, 0.29) is 17.5 Å². The smallest absolute Gasteiger partial charge is 0.362 e. The van der Waals surface area contributed by atoms with Crippen molar-refractivity contribution in [2.45, 2.75) is 6.92 Å². The molecule has 0 bridgehead atoms. The fourth-order valence-corrected chi connectivity index (χ4v) is 0.860. The molecule has 0 aliphatic carbocycles. The van der Waals surface area contributed by atoms with Gasteiger partial charge >= 0.3 is 5.97 Å². The van der Waals surface area contributed by atoms with Crippen LogP contribution in [0.15, 0.2) is 11.0 Å². The lowest BCUT2D eigenvalue weighted by Gasteiger charge is -1.99. The fourth-order valence-electron chi connectivity index (χ4n) is 0.721. The predicted molar refractivity (Wildman–Crippen MR) is 45.8 cm³/mol. The van der Waals surface area contributed by atoms with Gasteiger partial charge in [-0.25, -0.2) is 9.78 Å². The molecule has 0 saturated heterocycles. The molecular weight excluding hydrogens is 196 g/mol. The Morgan fingerprint density at radius 2 is 2.46 bits per heavy atom. The second kappa shape index (κ2) is 4.04. The fraction of sp³-hybridized carbons (Fsp3) is 0.286. The van der Waals surface area contributed by atoms with Crippen LogP contribution in [0.2, 0.25) is 5.15 Å². The lowest BCUT2D eigenvalue weighted by molar-refractivity contribution is 0.0517. The number of hydrogen-bond donors (Lipinski definition) is 1. The second-order valence-corrected chi connectivity index (χ2v) is 2.51. The number of aromatic amines is 1. The van der Waals surface area contributed by atoms with E-state index in [4.69, 9.17) is 11.6 Å². The van der Waals surface area contributed by atoms with Gasteiger partial charge in [0, 0.05) is 6.20 Å². The number of nitrogens with one attached hydrogen (secondary N) is 1. The number of hydrogen-bond acceptors (Lipinski definition) is 4. The van der Waals surface area contributed by atoms with E-state index in [1.165, 1.54) is 6.20 Å². The Balaban J connectivity index is 3.06. The lowest BCUT2D eigenvalue weighted by Crippen LogP contribution is -2.21. The number of carbonyl (C=O) groups is 1. The topological polar surface area (TPSA) is 72.0 Å². The van der Waals surface area contributed by atoms with Crippen LogP contribution in [0, 0.1) is 0 Å². The minimum absolute atomic E-state index is 0.0441. The zero-order chi connectivity index (χ0) is 9.84. The summed E-state index contributed by atoms with van der Waals surface area (Å²) >= 11 is 5.47. The van der Waals surface area contributed by atoms with Crippen molar-refractivity contribution in [1.82, 2.24) is 9.97 Å². The summed E-state index contributed by atoms with van der Waals surface area (Å²) in [7, 11) is 0. The quantitative estimate of drug-likeness (QED) is 0.713. The summed E-state index contributed by atoms with van der Waals surface area (Å²) in [6.07, 6.45) is 1.20. The average Bonchev–Trinajstić information content (AvgIpc) is 2.09. The molecule has 0 fully saturated rings. The SMILES string of the molecule is CCOC(=O)c1nc(Cl)c[nH]c1=O. The summed E-state index contributed by atoms with van der Waals surface area (Å²) in [5, 5.41) is 0.0441. The van der Waals surface area contributed by atoms with Gasteiger partial charge in [0.15, 0.2) is 0 Å². The number of rotatable bonds is 2. The highest BCUT2D eigenvalue weighted by molar-refractivity contribution is 6.29. The zero-order valence-corrected chi connectivity index (χ0v) is 7.59. The van der Waals surface area contributed by atoms with Crippen LogP contribution in [-0.4, -0.2) is 22.5 Å². The van der Waals surface area contributed by atoms with E-state index >= 15 is 0 Å². The number of esters is 1. The van der Waals surface area contributed by atoms with Crippen molar-refractivity contribution in [3.63, 3.8) is 0 Å². The molecule has 0 unspecified atom stereocenters. The minimum atomic E-state index is -0.772. The Morgan fingerprint density at radius 1 is 1.77 bits per heavy atom. The molecule has 0 atom stereocenters. The van der Waals surface area contributed by atoms with Crippen LogP contribution in [0.3, 0.4) is 0 Å². The third kappa shape index (κ3) is 2.29. The molecular formula is C7H7ClN2O3. The molecule has 0 spiro atoms. The number of ether oxygens (including phenoxy) is 1. The Labute approximate surface area is 78.7 Å². The third-order valence-electron chi connectivity index (χ3n) is 1.22. The molecule has 0 amide bonds. The highest BCUT2D eigenvalue weighted by atomic mass is 35.5. The summed E-state index contributed by atoms with van der Waals surface area (Å²) < 4.78 is 4.58. The molecule has 1 N–H and O–H groups in total. The average molecular weight is 203 g/mol. The zero-order valence-electron chi connectivity index (χ0n) is 6.83. The number of carbonyl (C=O) groups excluding carboxylic acids is 1. The standard InChI is InChI=1S/C7H7ClN2O3/c1-2-13-7(12)5-6(11)9-3-4(8)10-5/h3H,2H2,1H3,(H,9,11). The first-order chi connectivity index (χ1) is 6.15. The molecule has 0 aliphatic heterocycles. The Bertz CT molecular complexity index is 374. The van der Waals surface area contributed by atoms with Crippen LogP contribution in [0.25, 0.3) is 0 Å². The van der Waals surface area contributed by atoms with Crippen LogP contribution >= 0.6 is 11.6 Å². The van der Waals surface area contributed by atoms with Crippen molar-refractivity contribution >= 4 is 17.6 Å². The van der Waals surface area contributed by atoms with Crippen LogP contribution in [0.5, 0.6) is 0 Å². The van der Waals surface area contributed by atoms with Crippen molar-refractivity contribution in [3.8, 4) is 0 Å². The molecule has 0 saturated carbocycles. The van der Waals surface area contributed by atoms with Gasteiger partial charge in [0.1, 0.15) is 5.15 Å². The van der Waals surface area contributed by atoms with Gasteiger partial charge in [0.2, 0.25) is 5.69 Å². The summed E-state index contributed by atoms with van der Waals surface area (Å²) in [5.74, 6) is -0.772. The predicted octanol–water partition coefficient (Wildman–Crippen LogP) is 0.600. The minimum Gasteiger partial charge on any atom is -0.461 e. The molecule has 1 heterocycles. The molecule has 5 nitrogen and oxygen atoms in total. The van der Waals surface area contributed by atoms with Crippen LogP contribution < -0.4 is 5.56 Å². The number of H-pyrrole nitrogens is 1. The Morgan fingerprint density at radius 3 is 3.08 bits per heavy atom. The maximum absolute atomic E-state index is 11.1. The number of nitrogens with zero attached hydrogens (tertiary/aromatic N) is 1. The van der Waals surface area contributed by atoms with E-state index in [0.29, 0.717) is 0 Å². The molecule has 0 aromatic carbocycles. The Kier molecular flexibility index (Phi) is 3.02. The van der Waals surface area contributed by atoms with Crippen LogP contribution in [0.4, 0.5) is 0 Å². The first-order valence-corrected chi connectivity index (χ1v) is 3.95. The summed E-state index contributed by atoms with van der Waals surface area (Å²) in [5.41, 5.74) is -0.933. The molecule has 13 heavy (non-hydrogen) atoms. The van der Waals surface area contributed by atoms with Crippen molar-refractivity contribution < 1.29 is 9.53 Å². The summed E-state index contributed by atoms with van der Waals surface area (Å²) in [6.45, 7) is 1.82. The van der Waals surface area contributed by atoms with E-state index in [9.17, 15) is 9.59 Å². The summed E-state index contributed by atoms with van der Waals surface area (Å²) in [6, 6.07) is 0. The lowest BCUT2D eigenvalue weighted by atomic mass is 10.4. The molecule has 1 aromatic rings. The van der Waals surface area contributed by atoms with Gasteiger partial charge in [-0.15, -0.1) is 0 Å². The van der Waals surface area contributed by atoms with Crippen LogP contribution in [-0.2, 0) is 4.74 Å². The van der Waals surface area contributed by atoms with Crippen LogP contribution in [0.1, 0.15) is 17.4 Å². The van der Waals surface area contributed by atoms with E-state index < -0.39 is 11.5 Å². The molecule has 70 valence electrons. The molecule has 1 rings (SSSR count). The van der Waals surface area contributed by atoms with Gasteiger partial charge < -0.3 is 9.72 Å². The first-order valence-electron chi connectivity index (χ1n) is 3.57. The highest BCUT2D eigenvalue weighted by Gasteiger charge is 2.13. The first kappa shape index (κ1) is 9.73. The van der Waals surface area contributed by atoms with Gasteiger partial charge in [0.05, 0.1) is 6.61 Å². The number of halogens is 1. The third-order valence-corrected chi connectivity index (χ3v) is 1.42. The second-order valence-electron chi connectivity index (χ2n) is 2.12. The van der Waals surface area contributed by atoms with E-state index in [1.807, 2.05) is 0 Å². The normalized spacial score (nSPS) is 9.69. The van der Waals surface area contributed by atoms with Crippen molar-refractivity contribution in [2.24, 2.45) is 0 Å². The van der Waals surface area contributed by atoms with Crippen molar-refractivity contribution in [1.29, 1.82) is 0 Å². The van der Waals surface area contributed by atoms with Gasteiger partial charge in [-0.05, 0) is 6.92 Å². The monoisotopic (exact) mass is 202 g/mol. The Hall–Kier alpha value is -1.36. The van der Waals surface area contributed by atoms with E-state index in [0.717, 1.165) is 0 Å². The molecule has 0 aliphatic rings. The highest BCUT2D eigenvalue weighted by Crippen LogP contribution is 1.99. The molecule has 1 aromatic heterocycles. The number of aromatic nitrogens is 2. The van der Waals surface area contributed by atoms with E-state index in [2.05, 4.69) is 14.7 Å². The van der Waals surface area contributed by atoms with Crippen molar-refractivity contribution in [2.75, 3.05) is 6.61 Å². The van der Waals surface area contributed by atoms with Gasteiger partial charge in [-0.3, -0.25) is 4.79 Å². The maximum atomic E-state index is 11.1. The van der Waals surface area contributed by atoms with Gasteiger partial charge in [-0.2, -0.15) is 0 Å². The largest absolute Gasteiger partial charge is 0.461 e.